The lowest BCUT2D eigenvalue weighted by atomic mass is 10.6. The van der Waals surface area contributed by atoms with Crippen molar-refractivity contribution >= 4 is 8.58 Å². The molecule has 0 aromatic rings. The van der Waals surface area contributed by atoms with Gasteiger partial charge in [0.1, 0.15) is 0 Å². The summed E-state index contributed by atoms with van der Waals surface area (Å²) < 4.78 is 0. The summed E-state index contributed by atoms with van der Waals surface area (Å²) in [6, 6.07) is 0. The standard InChI is InChI=1S/C5H12N3P.CH2/c1-6-2-8-3-7(1)4-9-5-8;/h6,9H,1-5H2;1H2. The lowest BCUT2D eigenvalue weighted by Gasteiger charge is -2.40. The maximum atomic E-state index is 3.34. The van der Waals surface area contributed by atoms with Gasteiger partial charge in [-0.15, -0.1) is 0 Å². The van der Waals surface area contributed by atoms with Crippen molar-refractivity contribution in [3.05, 3.63) is 7.43 Å². The topological polar surface area (TPSA) is 18.5 Å². The SMILES string of the molecule is C1NCN2CPCN1C2.[CH2]. The van der Waals surface area contributed by atoms with Gasteiger partial charge in [0.2, 0.25) is 0 Å². The Balaban J connectivity index is 0.000000500. The van der Waals surface area contributed by atoms with E-state index in [-0.39, 0.29) is 7.43 Å². The Labute approximate surface area is 64.5 Å². The quantitative estimate of drug-likeness (QED) is 0.502. The van der Waals surface area contributed by atoms with Gasteiger partial charge in [-0.05, 0) is 0 Å². The molecule has 1 N–H and O–H groups in total. The Morgan fingerprint density at radius 1 is 1.10 bits per heavy atom. The number of rotatable bonds is 0. The van der Waals surface area contributed by atoms with Gasteiger partial charge in [-0.3, -0.25) is 15.1 Å². The molecule has 2 saturated heterocycles. The van der Waals surface area contributed by atoms with Crippen LogP contribution in [-0.2, 0) is 0 Å². The molecule has 2 bridgehead atoms. The Morgan fingerprint density at radius 3 is 2.20 bits per heavy atom. The second-order valence-corrected chi connectivity index (χ2v) is 3.75. The summed E-state index contributed by atoms with van der Waals surface area (Å²) >= 11 is 0. The van der Waals surface area contributed by atoms with E-state index in [9.17, 15) is 0 Å². The monoisotopic (exact) mass is 159 g/mol. The minimum absolute atomic E-state index is 0. The number of fused-ring (bicyclic) bond motifs is 2. The molecule has 0 spiro atoms. The number of hydrogen-bond acceptors (Lipinski definition) is 3. The van der Waals surface area contributed by atoms with E-state index in [1.807, 2.05) is 0 Å². The molecule has 0 aromatic heterocycles. The van der Waals surface area contributed by atoms with Crippen molar-refractivity contribution in [2.75, 3.05) is 32.6 Å². The third-order valence-electron chi connectivity index (χ3n) is 1.74. The maximum Gasteiger partial charge on any atom is 0.0537 e. The molecule has 2 radical (unpaired) electrons. The Morgan fingerprint density at radius 2 is 1.70 bits per heavy atom. The van der Waals surface area contributed by atoms with Gasteiger partial charge in [0.15, 0.2) is 0 Å². The van der Waals surface area contributed by atoms with Crippen molar-refractivity contribution in [2.24, 2.45) is 0 Å². The van der Waals surface area contributed by atoms with E-state index in [0.29, 0.717) is 0 Å². The summed E-state index contributed by atoms with van der Waals surface area (Å²) in [5, 5.41) is 3.34. The summed E-state index contributed by atoms with van der Waals surface area (Å²) in [6.45, 7) is 3.40. The van der Waals surface area contributed by atoms with Gasteiger partial charge < -0.3 is 0 Å². The van der Waals surface area contributed by atoms with E-state index >= 15 is 0 Å². The Hall–Kier alpha value is 0.310. The highest BCUT2D eigenvalue weighted by Crippen LogP contribution is 2.20. The molecular formula is C6H14N3P. The largest absolute Gasteiger partial charge is 0.291 e. The van der Waals surface area contributed by atoms with Gasteiger partial charge in [-0.25, -0.2) is 0 Å². The predicted molar refractivity (Wildman–Crippen MR) is 44.8 cm³/mol. The molecule has 0 saturated carbocycles. The van der Waals surface area contributed by atoms with Crippen molar-refractivity contribution in [3.63, 3.8) is 0 Å². The summed E-state index contributed by atoms with van der Waals surface area (Å²) in [5.74, 6) is 0. The third-order valence-corrected chi connectivity index (χ3v) is 3.08. The highest BCUT2D eigenvalue weighted by molar-refractivity contribution is 7.37. The smallest absolute Gasteiger partial charge is 0.0537 e. The van der Waals surface area contributed by atoms with Crippen LogP contribution in [0.1, 0.15) is 0 Å². The van der Waals surface area contributed by atoms with Crippen LogP contribution in [0.15, 0.2) is 0 Å². The second-order valence-electron chi connectivity index (χ2n) is 2.62. The van der Waals surface area contributed by atoms with E-state index in [1.165, 1.54) is 19.2 Å². The predicted octanol–water partition coefficient (Wildman–Crippen LogP) is 0.000490. The first-order valence-corrected chi connectivity index (χ1v) is 4.73. The molecule has 2 aliphatic rings. The molecule has 3 nitrogen and oxygen atoms in total. The molecule has 10 heavy (non-hydrogen) atoms. The first-order valence-electron chi connectivity index (χ1n) is 3.31. The molecule has 0 aliphatic carbocycles. The molecule has 2 rings (SSSR count). The summed E-state index contributed by atoms with van der Waals surface area (Å²) in [7, 11) is 1.13. The summed E-state index contributed by atoms with van der Waals surface area (Å²) in [5.41, 5.74) is 0. The van der Waals surface area contributed by atoms with Gasteiger partial charge >= 0.3 is 0 Å². The highest BCUT2D eigenvalue weighted by Gasteiger charge is 2.19. The van der Waals surface area contributed by atoms with E-state index in [0.717, 1.165) is 21.9 Å². The van der Waals surface area contributed by atoms with Crippen LogP contribution >= 0.6 is 8.58 Å². The van der Waals surface area contributed by atoms with Crippen LogP contribution in [-0.4, -0.2) is 42.4 Å². The molecule has 0 aromatic carbocycles. The normalized spacial score (nSPS) is 40.8. The summed E-state index contributed by atoms with van der Waals surface area (Å²) in [4.78, 5) is 4.90. The number of nitrogens with zero attached hydrogens (tertiary/aromatic N) is 2. The lowest BCUT2D eigenvalue weighted by Crippen LogP contribution is -2.54. The Bertz CT molecular complexity index is 89.2. The van der Waals surface area contributed by atoms with Crippen LogP contribution in [0.4, 0.5) is 0 Å². The average Bonchev–Trinajstić information content (AvgIpc) is 1.88. The minimum Gasteiger partial charge on any atom is -0.291 e. The van der Waals surface area contributed by atoms with Crippen LogP contribution in [0, 0.1) is 7.43 Å². The fourth-order valence-corrected chi connectivity index (χ4v) is 2.48. The van der Waals surface area contributed by atoms with Crippen molar-refractivity contribution in [1.29, 1.82) is 0 Å². The second kappa shape index (κ2) is 3.63. The zero-order chi connectivity index (χ0) is 6.10. The highest BCUT2D eigenvalue weighted by atomic mass is 31.1. The van der Waals surface area contributed by atoms with Crippen LogP contribution in [0.3, 0.4) is 0 Å². The van der Waals surface area contributed by atoms with Crippen molar-refractivity contribution in [2.45, 2.75) is 0 Å². The van der Waals surface area contributed by atoms with Crippen LogP contribution in [0.2, 0.25) is 0 Å². The molecule has 2 heterocycles. The van der Waals surface area contributed by atoms with Gasteiger partial charge in [-0.2, -0.15) is 0 Å². The fourth-order valence-electron chi connectivity index (χ4n) is 1.33. The maximum absolute atomic E-state index is 3.34. The van der Waals surface area contributed by atoms with Crippen LogP contribution in [0.5, 0.6) is 0 Å². The molecule has 2 aliphatic heterocycles. The zero-order valence-electron chi connectivity index (χ0n) is 6.14. The fraction of sp³-hybridized carbons (Fsp3) is 0.833. The molecule has 58 valence electrons. The lowest BCUT2D eigenvalue weighted by molar-refractivity contribution is 0.0855. The minimum atomic E-state index is 0. The zero-order valence-corrected chi connectivity index (χ0v) is 7.14. The van der Waals surface area contributed by atoms with Crippen molar-refractivity contribution in [1.82, 2.24) is 15.1 Å². The first-order chi connectivity index (χ1) is 4.45. The third kappa shape index (κ3) is 1.67. The van der Waals surface area contributed by atoms with Gasteiger partial charge in [0.25, 0.3) is 0 Å². The average molecular weight is 159 g/mol. The molecule has 4 heteroatoms. The van der Waals surface area contributed by atoms with Gasteiger partial charge in [0, 0.05) is 12.6 Å². The van der Waals surface area contributed by atoms with E-state index in [2.05, 4.69) is 15.1 Å². The molecule has 0 amide bonds. The molecule has 2 unspecified atom stereocenters. The number of nitrogens with one attached hydrogen (secondary N) is 1. The van der Waals surface area contributed by atoms with Crippen molar-refractivity contribution < 1.29 is 0 Å². The first kappa shape index (κ1) is 8.41. The van der Waals surface area contributed by atoms with Gasteiger partial charge in [0.05, 0.1) is 20.0 Å². The van der Waals surface area contributed by atoms with Crippen molar-refractivity contribution in [3.8, 4) is 0 Å². The Kier molecular flexibility index (Phi) is 3.05. The molecule has 2 atom stereocenters. The van der Waals surface area contributed by atoms with Crippen LogP contribution < -0.4 is 5.32 Å². The summed E-state index contributed by atoms with van der Waals surface area (Å²) in [6.07, 6.45) is 2.62. The van der Waals surface area contributed by atoms with Gasteiger partial charge in [-0.1, -0.05) is 16.0 Å². The number of hydrogen-bond donors (Lipinski definition) is 1. The van der Waals surface area contributed by atoms with E-state index < -0.39 is 0 Å². The molecular weight excluding hydrogens is 145 g/mol. The molecule has 2 fully saturated rings. The van der Waals surface area contributed by atoms with Crippen LogP contribution in [0.25, 0.3) is 0 Å². The van der Waals surface area contributed by atoms with E-state index in [4.69, 9.17) is 0 Å². The van der Waals surface area contributed by atoms with E-state index in [1.54, 1.807) is 0 Å².